The Morgan fingerprint density at radius 2 is 1.69 bits per heavy atom. The van der Waals surface area contributed by atoms with Crippen LogP contribution >= 0.6 is 11.8 Å². The van der Waals surface area contributed by atoms with Gasteiger partial charge in [0.2, 0.25) is 0 Å². The number of amides is 1. The van der Waals surface area contributed by atoms with Gasteiger partial charge in [-0.3, -0.25) is 0 Å². The molecule has 36 heavy (non-hydrogen) atoms. The van der Waals surface area contributed by atoms with E-state index >= 15 is 0 Å². The lowest BCUT2D eigenvalue weighted by atomic mass is 10.1. The number of hydrogen-bond acceptors (Lipinski definition) is 6. The lowest BCUT2D eigenvalue weighted by Crippen LogP contribution is -2.37. The van der Waals surface area contributed by atoms with Gasteiger partial charge in [0.1, 0.15) is 12.4 Å². The molecule has 0 aliphatic carbocycles. The minimum atomic E-state index is -0.972. The molecule has 2 aromatic rings. The Hall–Kier alpha value is -2.71. The zero-order valence-corrected chi connectivity index (χ0v) is 22.2. The molecule has 2 aromatic carbocycles. The maximum Gasteiger partial charge on any atom is 0.409 e. The Balaban J connectivity index is 1.83. The number of rotatable bonds is 18. The normalized spacial score (nSPS) is 11.6. The van der Waals surface area contributed by atoms with E-state index in [4.69, 9.17) is 14.2 Å². The fourth-order valence-corrected chi connectivity index (χ4v) is 4.48. The quantitative estimate of drug-likeness (QED) is 0.268. The predicted molar refractivity (Wildman–Crippen MR) is 144 cm³/mol. The number of thioether (sulfide) groups is 1. The van der Waals surface area contributed by atoms with Crippen LogP contribution in [0.2, 0.25) is 0 Å². The first-order valence-corrected chi connectivity index (χ1v) is 13.8. The van der Waals surface area contributed by atoms with Crippen molar-refractivity contribution < 1.29 is 28.9 Å². The summed E-state index contributed by atoms with van der Waals surface area (Å²) in [6.45, 7) is 6.00. The minimum Gasteiger partial charge on any atom is -0.492 e. The van der Waals surface area contributed by atoms with E-state index in [1.165, 1.54) is 6.42 Å². The third kappa shape index (κ3) is 11.8. The second kappa shape index (κ2) is 17.7. The third-order valence-electron chi connectivity index (χ3n) is 5.48. The van der Waals surface area contributed by atoms with Crippen LogP contribution in [-0.4, -0.2) is 72.6 Å². The van der Waals surface area contributed by atoms with Crippen LogP contribution < -0.4 is 4.74 Å². The third-order valence-corrected chi connectivity index (χ3v) is 6.53. The number of ether oxygens (including phenoxy) is 3. The van der Waals surface area contributed by atoms with Crippen LogP contribution in [0.3, 0.4) is 0 Å². The molecule has 0 radical (unpaired) electrons. The molecule has 0 spiro atoms. The number of hydrogen-bond donors (Lipinski definition) is 1. The van der Waals surface area contributed by atoms with Crippen molar-refractivity contribution in [1.82, 2.24) is 4.90 Å². The summed E-state index contributed by atoms with van der Waals surface area (Å²) in [6, 6.07) is 17.3. The van der Waals surface area contributed by atoms with Crippen LogP contribution in [0.1, 0.15) is 37.8 Å². The number of unbranched alkanes of at least 4 members (excludes halogenated alkanes) is 1. The first-order chi connectivity index (χ1) is 17.5. The number of aliphatic carboxylic acids is 1. The number of carboxylic acids is 1. The van der Waals surface area contributed by atoms with E-state index in [1.54, 1.807) is 11.8 Å². The largest absolute Gasteiger partial charge is 0.492 e. The highest BCUT2D eigenvalue weighted by atomic mass is 32.2. The van der Waals surface area contributed by atoms with Crippen molar-refractivity contribution in [3.63, 3.8) is 0 Å². The summed E-state index contributed by atoms with van der Waals surface area (Å²) in [4.78, 5) is 25.7. The van der Waals surface area contributed by atoms with Gasteiger partial charge in [-0.1, -0.05) is 55.8 Å². The van der Waals surface area contributed by atoms with Gasteiger partial charge >= 0.3 is 12.1 Å². The Morgan fingerprint density at radius 1 is 0.944 bits per heavy atom. The molecule has 0 bridgehead atoms. The standard InChI is InChI=1S/C28H39NO6S/c1-3-5-20-36-21-17-29(28(32)35-18-15-23-9-7-6-8-10-23)16-19-34-25-13-11-24(12-14-25)22-26(27(30)31)33-4-2/h6-14,26H,3-5,15-22H2,1-2H3,(H,30,31). The predicted octanol–water partition coefficient (Wildman–Crippen LogP) is 5.31. The van der Waals surface area contributed by atoms with Crippen molar-refractivity contribution >= 4 is 23.8 Å². The summed E-state index contributed by atoms with van der Waals surface area (Å²) < 4.78 is 16.7. The fraction of sp³-hybridized carbons (Fsp3) is 0.500. The van der Waals surface area contributed by atoms with E-state index < -0.39 is 12.1 Å². The van der Waals surface area contributed by atoms with E-state index in [1.807, 2.05) is 66.4 Å². The molecule has 198 valence electrons. The monoisotopic (exact) mass is 517 g/mol. The molecular formula is C28H39NO6S. The van der Waals surface area contributed by atoms with Crippen LogP contribution in [0.15, 0.2) is 54.6 Å². The highest BCUT2D eigenvalue weighted by molar-refractivity contribution is 7.99. The molecule has 0 aliphatic rings. The fourth-order valence-electron chi connectivity index (χ4n) is 3.44. The topological polar surface area (TPSA) is 85.3 Å². The zero-order valence-electron chi connectivity index (χ0n) is 21.4. The second-order valence-electron chi connectivity index (χ2n) is 8.28. The summed E-state index contributed by atoms with van der Waals surface area (Å²) in [5, 5.41) is 9.26. The first kappa shape index (κ1) is 29.5. The van der Waals surface area contributed by atoms with Gasteiger partial charge in [0, 0.05) is 31.7 Å². The zero-order chi connectivity index (χ0) is 26.0. The van der Waals surface area contributed by atoms with Gasteiger partial charge in [-0.15, -0.1) is 0 Å². The number of benzene rings is 2. The molecular weight excluding hydrogens is 478 g/mol. The Labute approximate surface area is 219 Å². The Morgan fingerprint density at radius 3 is 2.36 bits per heavy atom. The Bertz CT molecular complexity index is 877. The summed E-state index contributed by atoms with van der Waals surface area (Å²) in [5.74, 6) is 1.63. The summed E-state index contributed by atoms with van der Waals surface area (Å²) in [5.41, 5.74) is 1.99. The van der Waals surface area contributed by atoms with Crippen LogP contribution in [-0.2, 0) is 27.1 Å². The highest BCUT2D eigenvalue weighted by Gasteiger charge is 2.18. The molecule has 0 aromatic heterocycles. The molecule has 1 unspecified atom stereocenters. The van der Waals surface area contributed by atoms with Crippen molar-refractivity contribution in [2.24, 2.45) is 0 Å². The van der Waals surface area contributed by atoms with E-state index in [0.717, 1.165) is 29.1 Å². The van der Waals surface area contributed by atoms with Crippen molar-refractivity contribution in [3.8, 4) is 5.75 Å². The molecule has 0 saturated heterocycles. The van der Waals surface area contributed by atoms with Crippen molar-refractivity contribution in [1.29, 1.82) is 0 Å². The average Bonchev–Trinajstić information content (AvgIpc) is 2.88. The van der Waals surface area contributed by atoms with Gasteiger partial charge in [-0.2, -0.15) is 11.8 Å². The molecule has 8 heteroatoms. The second-order valence-corrected chi connectivity index (χ2v) is 9.51. The van der Waals surface area contributed by atoms with E-state index in [0.29, 0.717) is 51.5 Å². The summed E-state index contributed by atoms with van der Waals surface area (Å²) in [7, 11) is 0. The SMILES string of the molecule is CCCCSCCN(CCOc1ccc(CC(OCC)C(=O)O)cc1)C(=O)OCCc1ccccc1. The molecule has 0 saturated carbocycles. The maximum absolute atomic E-state index is 12.7. The number of carbonyl (C=O) groups is 2. The average molecular weight is 518 g/mol. The van der Waals surface area contributed by atoms with Gasteiger partial charge in [-0.05, 0) is 42.4 Å². The first-order valence-electron chi connectivity index (χ1n) is 12.6. The highest BCUT2D eigenvalue weighted by Crippen LogP contribution is 2.15. The van der Waals surface area contributed by atoms with Crippen LogP contribution in [0, 0.1) is 0 Å². The van der Waals surface area contributed by atoms with Gasteiger partial charge < -0.3 is 24.2 Å². The lowest BCUT2D eigenvalue weighted by Gasteiger charge is -2.22. The van der Waals surface area contributed by atoms with Crippen molar-refractivity contribution in [2.75, 3.05) is 44.4 Å². The van der Waals surface area contributed by atoms with Gasteiger partial charge in [0.25, 0.3) is 0 Å². The van der Waals surface area contributed by atoms with E-state index in [9.17, 15) is 14.7 Å². The minimum absolute atomic E-state index is 0.293. The van der Waals surface area contributed by atoms with Gasteiger partial charge in [-0.25, -0.2) is 9.59 Å². The smallest absolute Gasteiger partial charge is 0.409 e. The maximum atomic E-state index is 12.7. The van der Waals surface area contributed by atoms with Crippen LogP contribution in [0.25, 0.3) is 0 Å². The van der Waals surface area contributed by atoms with E-state index in [-0.39, 0.29) is 6.09 Å². The van der Waals surface area contributed by atoms with Gasteiger partial charge in [0.15, 0.2) is 6.10 Å². The summed E-state index contributed by atoms with van der Waals surface area (Å²) >= 11 is 1.84. The number of carbonyl (C=O) groups excluding carboxylic acids is 1. The molecule has 1 N–H and O–H groups in total. The molecule has 0 aliphatic heterocycles. The molecule has 2 rings (SSSR count). The summed E-state index contributed by atoms with van der Waals surface area (Å²) in [6.07, 6.45) is 2.12. The number of nitrogens with zero attached hydrogens (tertiary/aromatic N) is 1. The van der Waals surface area contributed by atoms with Crippen LogP contribution in [0.5, 0.6) is 5.75 Å². The molecule has 0 fully saturated rings. The van der Waals surface area contributed by atoms with Crippen molar-refractivity contribution in [3.05, 3.63) is 65.7 Å². The van der Waals surface area contributed by atoms with Gasteiger partial charge in [0.05, 0.1) is 13.2 Å². The molecule has 7 nitrogen and oxygen atoms in total. The van der Waals surface area contributed by atoms with Crippen molar-refractivity contribution in [2.45, 2.75) is 45.6 Å². The Kier molecular flexibility index (Phi) is 14.5. The molecule has 1 atom stereocenters. The molecule has 0 heterocycles. The van der Waals surface area contributed by atoms with Crippen LogP contribution in [0.4, 0.5) is 4.79 Å². The van der Waals surface area contributed by atoms with E-state index in [2.05, 4.69) is 6.92 Å². The number of carboxylic acid groups (broad SMARTS) is 1. The molecule has 1 amide bonds. The lowest BCUT2D eigenvalue weighted by molar-refractivity contribution is -0.149.